The van der Waals surface area contributed by atoms with Crippen LogP contribution in [0, 0.1) is 0 Å². The molecule has 6 heteroatoms. The van der Waals surface area contributed by atoms with Crippen molar-refractivity contribution in [2.24, 2.45) is 0 Å². The molecule has 0 radical (unpaired) electrons. The standard InChI is InChI=1S/C18H15ClN2O2S/c1-24-18-20-14-8-15(23-9-12(14)17(22)21-18)11-6-2-4-10-5-3-7-13(19)16(10)11/h2-7,15H,8-9H2,1H3,(H,20,21,22). The molecule has 4 nitrogen and oxygen atoms in total. The van der Waals surface area contributed by atoms with E-state index in [1.54, 1.807) is 0 Å². The predicted molar refractivity (Wildman–Crippen MR) is 96.8 cm³/mol. The zero-order valence-corrected chi connectivity index (χ0v) is 14.6. The molecule has 4 rings (SSSR count). The third-order valence-electron chi connectivity index (χ3n) is 4.31. The summed E-state index contributed by atoms with van der Waals surface area (Å²) >= 11 is 7.85. The van der Waals surface area contributed by atoms with E-state index in [9.17, 15) is 4.79 Å². The summed E-state index contributed by atoms with van der Waals surface area (Å²) in [6.07, 6.45) is 2.30. The van der Waals surface area contributed by atoms with Crippen molar-refractivity contribution in [3.8, 4) is 0 Å². The van der Waals surface area contributed by atoms with E-state index in [0.29, 0.717) is 22.2 Å². The lowest BCUT2D eigenvalue weighted by molar-refractivity contribution is 0.0256. The minimum atomic E-state index is -0.162. The molecule has 3 aromatic rings. The number of aromatic amines is 1. The van der Waals surface area contributed by atoms with Crippen LogP contribution in [0.5, 0.6) is 0 Å². The number of fused-ring (bicyclic) bond motifs is 2. The second-order valence-electron chi connectivity index (χ2n) is 5.69. The zero-order chi connectivity index (χ0) is 16.7. The number of thioether (sulfide) groups is 1. The van der Waals surface area contributed by atoms with Gasteiger partial charge < -0.3 is 9.72 Å². The van der Waals surface area contributed by atoms with Crippen LogP contribution in [-0.4, -0.2) is 16.2 Å². The van der Waals surface area contributed by atoms with E-state index in [2.05, 4.69) is 9.97 Å². The lowest BCUT2D eigenvalue weighted by Crippen LogP contribution is -2.26. The van der Waals surface area contributed by atoms with Crippen LogP contribution in [0.4, 0.5) is 0 Å². The Balaban J connectivity index is 1.81. The van der Waals surface area contributed by atoms with Gasteiger partial charge in [-0.2, -0.15) is 0 Å². The van der Waals surface area contributed by atoms with Gasteiger partial charge in [0.15, 0.2) is 5.16 Å². The molecule has 0 bridgehead atoms. The van der Waals surface area contributed by atoms with Crippen LogP contribution in [0.25, 0.3) is 10.8 Å². The van der Waals surface area contributed by atoms with Gasteiger partial charge in [0.2, 0.25) is 0 Å². The molecule has 0 fully saturated rings. The van der Waals surface area contributed by atoms with Crippen LogP contribution in [-0.2, 0) is 17.8 Å². The van der Waals surface area contributed by atoms with E-state index < -0.39 is 0 Å². The molecule has 1 unspecified atom stereocenters. The number of aromatic nitrogens is 2. The van der Waals surface area contributed by atoms with Crippen molar-refractivity contribution in [1.82, 2.24) is 9.97 Å². The number of ether oxygens (including phenoxy) is 1. The van der Waals surface area contributed by atoms with Crippen molar-refractivity contribution >= 4 is 34.1 Å². The lowest BCUT2D eigenvalue weighted by atomic mass is 9.95. The van der Waals surface area contributed by atoms with Crippen molar-refractivity contribution < 1.29 is 4.74 Å². The Hall–Kier alpha value is -1.82. The van der Waals surface area contributed by atoms with E-state index in [4.69, 9.17) is 16.3 Å². The SMILES string of the molecule is CSc1nc2c(c(=O)[nH]1)COC(c1cccc3cccc(Cl)c13)C2. The molecule has 0 saturated carbocycles. The molecule has 24 heavy (non-hydrogen) atoms. The van der Waals surface area contributed by atoms with Crippen LogP contribution in [0.1, 0.15) is 22.9 Å². The third-order valence-corrected chi connectivity index (χ3v) is 5.21. The van der Waals surface area contributed by atoms with Gasteiger partial charge in [-0.1, -0.05) is 53.7 Å². The van der Waals surface area contributed by atoms with Gasteiger partial charge in [-0.05, 0) is 23.3 Å². The molecule has 1 atom stereocenters. The summed E-state index contributed by atoms with van der Waals surface area (Å²) in [7, 11) is 0. The Labute approximate surface area is 148 Å². The van der Waals surface area contributed by atoms with Gasteiger partial charge in [-0.25, -0.2) is 4.98 Å². The molecule has 0 aliphatic carbocycles. The van der Waals surface area contributed by atoms with Crippen molar-refractivity contribution in [2.45, 2.75) is 24.3 Å². The maximum Gasteiger partial charge on any atom is 0.257 e. The summed E-state index contributed by atoms with van der Waals surface area (Å²) < 4.78 is 5.98. The Morgan fingerprint density at radius 3 is 2.88 bits per heavy atom. The molecule has 122 valence electrons. The normalized spacial score (nSPS) is 17.0. The van der Waals surface area contributed by atoms with Crippen molar-refractivity contribution in [3.05, 3.63) is 68.6 Å². The van der Waals surface area contributed by atoms with E-state index in [1.165, 1.54) is 11.8 Å². The van der Waals surface area contributed by atoms with E-state index in [1.807, 2.05) is 42.7 Å². The second-order valence-corrected chi connectivity index (χ2v) is 6.89. The topological polar surface area (TPSA) is 55.0 Å². The molecule has 1 aromatic heterocycles. The molecule has 1 aliphatic heterocycles. The Morgan fingerprint density at radius 1 is 1.29 bits per heavy atom. The lowest BCUT2D eigenvalue weighted by Gasteiger charge is -2.25. The van der Waals surface area contributed by atoms with Crippen molar-refractivity contribution in [1.29, 1.82) is 0 Å². The van der Waals surface area contributed by atoms with E-state index >= 15 is 0 Å². The number of nitrogens with one attached hydrogen (secondary N) is 1. The van der Waals surface area contributed by atoms with Gasteiger partial charge in [0.05, 0.1) is 24.0 Å². The Morgan fingerprint density at radius 2 is 2.08 bits per heavy atom. The van der Waals surface area contributed by atoms with Crippen LogP contribution in [0.2, 0.25) is 5.02 Å². The number of hydrogen-bond donors (Lipinski definition) is 1. The number of halogens is 1. The van der Waals surface area contributed by atoms with Gasteiger partial charge in [0.25, 0.3) is 5.56 Å². The smallest absolute Gasteiger partial charge is 0.257 e. The molecule has 2 aromatic carbocycles. The summed E-state index contributed by atoms with van der Waals surface area (Å²) in [6.45, 7) is 0.262. The molecule has 2 heterocycles. The Bertz CT molecular complexity index is 981. The summed E-state index contributed by atoms with van der Waals surface area (Å²) in [5, 5.41) is 3.43. The molecule has 1 N–H and O–H groups in total. The zero-order valence-electron chi connectivity index (χ0n) is 13.0. The first kappa shape index (κ1) is 15.7. The van der Waals surface area contributed by atoms with Crippen LogP contribution in [0.15, 0.2) is 46.3 Å². The molecule has 1 aliphatic rings. The highest BCUT2D eigenvalue weighted by molar-refractivity contribution is 7.98. The number of rotatable bonds is 2. The fourth-order valence-electron chi connectivity index (χ4n) is 3.15. The van der Waals surface area contributed by atoms with E-state index in [0.717, 1.165) is 22.0 Å². The fourth-order valence-corrected chi connectivity index (χ4v) is 3.83. The number of benzene rings is 2. The van der Waals surface area contributed by atoms with Gasteiger partial charge in [0, 0.05) is 16.8 Å². The van der Waals surface area contributed by atoms with Gasteiger partial charge in [-0.3, -0.25) is 4.79 Å². The number of nitrogens with zero attached hydrogens (tertiary/aromatic N) is 1. The average molecular weight is 359 g/mol. The summed E-state index contributed by atoms with van der Waals surface area (Å²) in [5.74, 6) is 0. The monoisotopic (exact) mass is 358 g/mol. The average Bonchev–Trinajstić information content (AvgIpc) is 2.61. The molecular formula is C18H15ClN2O2S. The van der Waals surface area contributed by atoms with Gasteiger partial charge >= 0.3 is 0 Å². The molecule has 0 spiro atoms. The first-order chi connectivity index (χ1) is 11.7. The third kappa shape index (κ3) is 2.62. The summed E-state index contributed by atoms with van der Waals surface area (Å²) in [5.41, 5.74) is 2.36. The highest BCUT2D eigenvalue weighted by Gasteiger charge is 2.26. The summed E-state index contributed by atoms with van der Waals surface area (Å²) in [4.78, 5) is 19.5. The minimum Gasteiger partial charge on any atom is -0.368 e. The quantitative estimate of drug-likeness (QED) is 0.553. The Kier molecular flexibility index (Phi) is 4.08. The molecule has 0 amide bonds. The molecular weight excluding hydrogens is 344 g/mol. The highest BCUT2D eigenvalue weighted by Crippen LogP contribution is 2.36. The predicted octanol–water partition coefficient (Wildman–Crippen LogP) is 4.11. The summed E-state index contributed by atoms with van der Waals surface area (Å²) in [6, 6.07) is 11.9. The van der Waals surface area contributed by atoms with Gasteiger partial charge in [0.1, 0.15) is 0 Å². The van der Waals surface area contributed by atoms with E-state index in [-0.39, 0.29) is 18.3 Å². The van der Waals surface area contributed by atoms with Crippen LogP contribution >= 0.6 is 23.4 Å². The first-order valence-corrected chi connectivity index (χ1v) is 9.22. The maximum absolute atomic E-state index is 12.1. The van der Waals surface area contributed by atoms with Crippen LogP contribution in [0.3, 0.4) is 0 Å². The van der Waals surface area contributed by atoms with Crippen molar-refractivity contribution in [2.75, 3.05) is 6.26 Å². The molecule has 0 saturated heterocycles. The minimum absolute atomic E-state index is 0.112. The highest BCUT2D eigenvalue weighted by atomic mass is 35.5. The maximum atomic E-state index is 12.1. The largest absolute Gasteiger partial charge is 0.368 e. The second kappa shape index (κ2) is 6.24. The van der Waals surface area contributed by atoms with Crippen molar-refractivity contribution in [3.63, 3.8) is 0 Å². The fraction of sp³-hybridized carbons (Fsp3) is 0.222. The number of H-pyrrole nitrogens is 1. The first-order valence-electron chi connectivity index (χ1n) is 7.62. The van der Waals surface area contributed by atoms with Crippen LogP contribution < -0.4 is 5.56 Å². The number of hydrogen-bond acceptors (Lipinski definition) is 4. The van der Waals surface area contributed by atoms with Gasteiger partial charge in [-0.15, -0.1) is 0 Å².